The summed E-state index contributed by atoms with van der Waals surface area (Å²) in [5, 5.41) is 0. The van der Waals surface area contributed by atoms with Crippen LogP contribution in [-0.2, 0) is 4.79 Å². The van der Waals surface area contributed by atoms with Gasteiger partial charge in [-0.05, 0) is 25.3 Å². The Kier molecular flexibility index (Phi) is 2.04. The lowest BCUT2D eigenvalue weighted by Crippen LogP contribution is -1.92. The smallest absolute Gasteiger partial charge is 0.158 e. The van der Waals surface area contributed by atoms with Crippen molar-refractivity contribution in [2.24, 2.45) is 5.92 Å². The maximum atomic E-state index is 10.9. The molecular formula is C8H12O. The molecule has 1 nitrogen and oxygen atoms in total. The van der Waals surface area contributed by atoms with Crippen molar-refractivity contribution in [3.8, 4) is 0 Å². The number of carbonyl (C=O) groups is 1. The van der Waals surface area contributed by atoms with Crippen LogP contribution in [0.4, 0.5) is 0 Å². The van der Waals surface area contributed by atoms with E-state index in [4.69, 9.17) is 0 Å². The minimum atomic E-state index is 0.330. The van der Waals surface area contributed by atoms with Gasteiger partial charge in [-0.15, -0.1) is 0 Å². The third-order valence-corrected chi connectivity index (χ3v) is 1.50. The van der Waals surface area contributed by atoms with Gasteiger partial charge in [0, 0.05) is 5.92 Å². The van der Waals surface area contributed by atoms with Gasteiger partial charge in [-0.3, -0.25) is 4.79 Å². The van der Waals surface area contributed by atoms with Crippen LogP contribution in [0.1, 0.15) is 26.2 Å². The van der Waals surface area contributed by atoms with E-state index in [0.717, 1.165) is 19.3 Å². The molecule has 0 saturated heterocycles. The molecule has 0 aromatic rings. The molecule has 1 fully saturated rings. The van der Waals surface area contributed by atoms with Gasteiger partial charge < -0.3 is 0 Å². The summed E-state index contributed by atoms with van der Waals surface area (Å²) in [6.45, 7) is 2.04. The van der Waals surface area contributed by atoms with Crippen LogP contribution in [0.15, 0.2) is 12.2 Å². The van der Waals surface area contributed by atoms with E-state index in [9.17, 15) is 4.79 Å². The summed E-state index contributed by atoms with van der Waals surface area (Å²) in [6.07, 6.45) is 6.86. The van der Waals surface area contributed by atoms with Crippen molar-refractivity contribution in [2.75, 3.05) is 0 Å². The van der Waals surface area contributed by atoms with Crippen molar-refractivity contribution < 1.29 is 4.79 Å². The zero-order valence-electron chi connectivity index (χ0n) is 5.76. The molecular weight excluding hydrogens is 112 g/mol. The fraction of sp³-hybridized carbons (Fsp3) is 0.625. The standard InChI is InChI=1S/C8H12O/c1-2-3-4-8(9)7-5-6-7/h3-4,7H,2,5-6H2,1H3/b4-3+. The predicted molar refractivity (Wildman–Crippen MR) is 37.2 cm³/mol. The summed E-state index contributed by atoms with van der Waals surface area (Å²) in [7, 11) is 0. The first kappa shape index (κ1) is 6.53. The van der Waals surface area contributed by atoms with Crippen LogP contribution in [0.25, 0.3) is 0 Å². The molecule has 0 radical (unpaired) electrons. The predicted octanol–water partition coefficient (Wildman–Crippen LogP) is 1.93. The number of hydrogen-bond donors (Lipinski definition) is 0. The molecule has 0 N–H and O–H groups in total. The first-order chi connectivity index (χ1) is 4.34. The first-order valence-electron chi connectivity index (χ1n) is 3.55. The second kappa shape index (κ2) is 2.81. The summed E-state index contributed by atoms with van der Waals surface area (Å²) in [6, 6.07) is 0. The molecule has 0 atom stereocenters. The minimum Gasteiger partial charge on any atom is -0.295 e. The highest BCUT2D eigenvalue weighted by atomic mass is 16.1. The van der Waals surface area contributed by atoms with Crippen LogP contribution in [0.5, 0.6) is 0 Å². The largest absolute Gasteiger partial charge is 0.295 e. The molecule has 9 heavy (non-hydrogen) atoms. The second-order valence-electron chi connectivity index (χ2n) is 2.49. The number of rotatable bonds is 3. The van der Waals surface area contributed by atoms with E-state index < -0.39 is 0 Å². The lowest BCUT2D eigenvalue weighted by Gasteiger charge is -1.83. The summed E-state index contributed by atoms with van der Waals surface area (Å²) < 4.78 is 0. The third kappa shape index (κ3) is 2.00. The van der Waals surface area contributed by atoms with Gasteiger partial charge in [-0.2, -0.15) is 0 Å². The van der Waals surface area contributed by atoms with Crippen LogP contribution >= 0.6 is 0 Å². The molecule has 0 aromatic heterocycles. The van der Waals surface area contributed by atoms with Gasteiger partial charge >= 0.3 is 0 Å². The molecule has 0 amide bonds. The van der Waals surface area contributed by atoms with Crippen LogP contribution in [0.3, 0.4) is 0 Å². The summed E-state index contributed by atoms with van der Waals surface area (Å²) in [5.74, 6) is 0.727. The van der Waals surface area contributed by atoms with Gasteiger partial charge in [0.1, 0.15) is 0 Å². The van der Waals surface area contributed by atoms with Gasteiger partial charge in [0.2, 0.25) is 0 Å². The molecule has 1 aliphatic carbocycles. The highest BCUT2D eigenvalue weighted by molar-refractivity contribution is 5.93. The van der Waals surface area contributed by atoms with Gasteiger partial charge in [0.25, 0.3) is 0 Å². The monoisotopic (exact) mass is 124 g/mol. The summed E-state index contributed by atoms with van der Waals surface area (Å²) in [5.41, 5.74) is 0. The summed E-state index contributed by atoms with van der Waals surface area (Å²) in [4.78, 5) is 10.9. The Labute approximate surface area is 55.8 Å². The van der Waals surface area contributed by atoms with E-state index >= 15 is 0 Å². The van der Waals surface area contributed by atoms with Crippen molar-refractivity contribution in [3.63, 3.8) is 0 Å². The number of carbonyl (C=O) groups excluding carboxylic acids is 1. The quantitative estimate of drug-likeness (QED) is 0.525. The number of hydrogen-bond acceptors (Lipinski definition) is 1. The van der Waals surface area contributed by atoms with Crippen LogP contribution in [0, 0.1) is 5.92 Å². The first-order valence-corrected chi connectivity index (χ1v) is 3.55. The maximum absolute atomic E-state index is 10.9. The Balaban J connectivity index is 2.25. The van der Waals surface area contributed by atoms with Gasteiger partial charge in [-0.25, -0.2) is 0 Å². The molecule has 0 unspecified atom stereocenters. The highest BCUT2D eigenvalue weighted by Gasteiger charge is 2.27. The Morgan fingerprint density at radius 1 is 1.67 bits per heavy atom. The third-order valence-electron chi connectivity index (χ3n) is 1.50. The average molecular weight is 124 g/mol. The number of allylic oxidation sites excluding steroid dienone is 2. The molecule has 0 aliphatic heterocycles. The van der Waals surface area contributed by atoms with Crippen molar-refractivity contribution in [2.45, 2.75) is 26.2 Å². The van der Waals surface area contributed by atoms with E-state index in [1.165, 1.54) is 0 Å². The van der Waals surface area contributed by atoms with Crippen LogP contribution in [0.2, 0.25) is 0 Å². The van der Waals surface area contributed by atoms with Crippen LogP contribution < -0.4 is 0 Å². The Morgan fingerprint density at radius 2 is 2.33 bits per heavy atom. The summed E-state index contributed by atoms with van der Waals surface area (Å²) >= 11 is 0. The van der Waals surface area contributed by atoms with Crippen molar-refractivity contribution >= 4 is 5.78 Å². The molecule has 1 heteroatoms. The molecule has 1 rings (SSSR count). The second-order valence-corrected chi connectivity index (χ2v) is 2.49. The van der Waals surface area contributed by atoms with Crippen LogP contribution in [-0.4, -0.2) is 5.78 Å². The highest BCUT2D eigenvalue weighted by Crippen LogP contribution is 2.29. The molecule has 1 aliphatic rings. The lowest BCUT2D eigenvalue weighted by molar-refractivity contribution is -0.115. The fourth-order valence-corrected chi connectivity index (χ4v) is 0.738. The normalized spacial score (nSPS) is 18.8. The van der Waals surface area contributed by atoms with Gasteiger partial charge in [-0.1, -0.05) is 13.0 Å². The zero-order valence-corrected chi connectivity index (χ0v) is 5.76. The Morgan fingerprint density at radius 3 is 2.78 bits per heavy atom. The number of ketones is 1. The van der Waals surface area contributed by atoms with E-state index in [1.807, 2.05) is 13.0 Å². The molecule has 1 saturated carbocycles. The van der Waals surface area contributed by atoms with E-state index in [2.05, 4.69) is 0 Å². The van der Waals surface area contributed by atoms with Crippen molar-refractivity contribution in [3.05, 3.63) is 12.2 Å². The molecule has 50 valence electrons. The lowest BCUT2D eigenvalue weighted by atomic mass is 10.2. The van der Waals surface area contributed by atoms with Crippen molar-refractivity contribution in [1.82, 2.24) is 0 Å². The topological polar surface area (TPSA) is 17.1 Å². The van der Waals surface area contributed by atoms with Gasteiger partial charge in [0.05, 0.1) is 0 Å². The SMILES string of the molecule is CC/C=C/C(=O)C1CC1. The van der Waals surface area contributed by atoms with Gasteiger partial charge in [0.15, 0.2) is 5.78 Å². The van der Waals surface area contributed by atoms with E-state index in [1.54, 1.807) is 6.08 Å². The molecule has 0 heterocycles. The average Bonchev–Trinajstić information content (AvgIpc) is 2.63. The molecule has 0 bridgehead atoms. The van der Waals surface area contributed by atoms with E-state index in [-0.39, 0.29) is 0 Å². The Bertz CT molecular complexity index is 132. The maximum Gasteiger partial charge on any atom is 0.158 e. The van der Waals surface area contributed by atoms with E-state index in [0.29, 0.717) is 11.7 Å². The Hall–Kier alpha value is -0.590. The zero-order chi connectivity index (χ0) is 6.69. The van der Waals surface area contributed by atoms with Crippen molar-refractivity contribution in [1.29, 1.82) is 0 Å². The molecule has 0 spiro atoms. The fourth-order valence-electron chi connectivity index (χ4n) is 0.738. The minimum absolute atomic E-state index is 0.330. The molecule has 0 aromatic carbocycles.